The van der Waals surface area contributed by atoms with E-state index in [-0.39, 0.29) is 10.8 Å². The Morgan fingerprint density at radius 3 is 2.34 bits per heavy atom. The first-order valence-electron chi connectivity index (χ1n) is 9.26. The molecule has 6 heteroatoms. The van der Waals surface area contributed by atoms with Crippen LogP contribution in [-0.2, 0) is 16.6 Å². The summed E-state index contributed by atoms with van der Waals surface area (Å²) in [7, 11) is -1.99. The van der Waals surface area contributed by atoms with E-state index in [2.05, 4.69) is 4.72 Å². The van der Waals surface area contributed by atoms with Crippen molar-refractivity contribution < 1.29 is 13.2 Å². The lowest BCUT2D eigenvalue weighted by Crippen LogP contribution is -2.26. The molecule has 0 aliphatic carbocycles. The van der Waals surface area contributed by atoms with Crippen LogP contribution in [0.5, 0.6) is 0 Å². The van der Waals surface area contributed by atoms with Crippen LogP contribution in [0.15, 0.2) is 77.7 Å². The molecule has 0 atom stereocenters. The van der Waals surface area contributed by atoms with E-state index in [1.807, 2.05) is 31.2 Å². The number of sulfonamides is 1. The third-order valence-corrected chi connectivity index (χ3v) is 6.01. The van der Waals surface area contributed by atoms with E-state index >= 15 is 0 Å². The van der Waals surface area contributed by atoms with Gasteiger partial charge in [0.15, 0.2) is 0 Å². The van der Waals surface area contributed by atoms with Crippen molar-refractivity contribution in [3.8, 4) is 0 Å². The van der Waals surface area contributed by atoms with Crippen molar-refractivity contribution in [1.82, 2.24) is 4.90 Å². The van der Waals surface area contributed by atoms with Crippen LogP contribution in [0.4, 0.5) is 5.69 Å². The van der Waals surface area contributed by atoms with Crippen molar-refractivity contribution in [2.75, 3.05) is 11.8 Å². The van der Waals surface area contributed by atoms with Gasteiger partial charge in [-0.15, -0.1) is 0 Å². The van der Waals surface area contributed by atoms with Gasteiger partial charge in [0.1, 0.15) is 0 Å². The van der Waals surface area contributed by atoms with Crippen molar-refractivity contribution in [3.05, 3.63) is 95.1 Å². The SMILES string of the molecule is Cc1cccc(CN(C)C(=O)c2ccc(C)c(NS(=O)(=O)c3ccccc3)c2)c1. The molecule has 150 valence electrons. The van der Waals surface area contributed by atoms with Gasteiger partial charge in [0.25, 0.3) is 15.9 Å². The zero-order valence-electron chi connectivity index (χ0n) is 16.7. The molecule has 0 aliphatic rings. The summed E-state index contributed by atoms with van der Waals surface area (Å²) in [6, 6.07) is 21.2. The highest BCUT2D eigenvalue weighted by Crippen LogP contribution is 2.22. The molecule has 0 fully saturated rings. The Labute approximate surface area is 172 Å². The van der Waals surface area contributed by atoms with Gasteiger partial charge in [-0.2, -0.15) is 0 Å². The molecule has 0 saturated carbocycles. The average Bonchev–Trinajstić information content (AvgIpc) is 2.69. The van der Waals surface area contributed by atoms with E-state index in [0.717, 1.165) is 16.7 Å². The molecular formula is C23H24N2O3S. The number of nitrogens with zero attached hydrogens (tertiary/aromatic N) is 1. The van der Waals surface area contributed by atoms with Gasteiger partial charge < -0.3 is 4.90 Å². The summed E-state index contributed by atoms with van der Waals surface area (Å²) in [4.78, 5) is 14.7. The lowest BCUT2D eigenvalue weighted by atomic mass is 10.1. The Morgan fingerprint density at radius 2 is 1.66 bits per heavy atom. The van der Waals surface area contributed by atoms with Crippen molar-refractivity contribution in [1.29, 1.82) is 0 Å². The van der Waals surface area contributed by atoms with Crippen molar-refractivity contribution in [3.63, 3.8) is 0 Å². The number of nitrogens with one attached hydrogen (secondary N) is 1. The number of hydrogen-bond donors (Lipinski definition) is 1. The molecule has 0 aromatic heterocycles. The summed E-state index contributed by atoms with van der Waals surface area (Å²) >= 11 is 0. The summed E-state index contributed by atoms with van der Waals surface area (Å²) in [5.41, 5.74) is 3.73. The first-order valence-corrected chi connectivity index (χ1v) is 10.7. The fraction of sp³-hybridized carbons (Fsp3) is 0.174. The highest BCUT2D eigenvalue weighted by atomic mass is 32.2. The molecular weight excluding hydrogens is 384 g/mol. The van der Waals surface area contributed by atoms with E-state index in [1.54, 1.807) is 55.3 Å². The predicted molar refractivity (Wildman–Crippen MR) is 115 cm³/mol. The fourth-order valence-electron chi connectivity index (χ4n) is 3.04. The zero-order chi connectivity index (χ0) is 21.0. The number of anilines is 1. The Hall–Kier alpha value is -3.12. The third-order valence-electron chi connectivity index (χ3n) is 4.63. The largest absolute Gasteiger partial charge is 0.337 e. The zero-order valence-corrected chi connectivity index (χ0v) is 17.5. The highest BCUT2D eigenvalue weighted by molar-refractivity contribution is 7.92. The molecule has 0 saturated heterocycles. The minimum Gasteiger partial charge on any atom is -0.337 e. The van der Waals surface area contributed by atoms with Gasteiger partial charge in [0.05, 0.1) is 10.6 Å². The van der Waals surface area contributed by atoms with E-state index in [9.17, 15) is 13.2 Å². The molecule has 0 radical (unpaired) electrons. The maximum Gasteiger partial charge on any atom is 0.261 e. The molecule has 1 amide bonds. The van der Waals surface area contributed by atoms with Crippen LogP contribution in [0, 0.1) is 13.8 Å². The van der Waals surface area contributed by atoms with Gasteiger partial charge in [-0.25, -0.2) is 8.42 Å². The number of amides is 1. The van der Waals surface area contributed by atoms with Gasteiger partial charge in [-0.1, -0.05) is 54.1 Å². The van der Waals surface area contributed by atoms with Crippen LogP contribution in [0.1, 0.15) is 27.0 Å². The molecule has 0 unspecified atom stereocenters. The second-order valence-electron chi connectivity index (χ2n) is 7.10. The Balaban J connectivity index is 1.82. The second kappa shape index (κ2) is 8.49. The third kappa shape index (κ3) is 5.03. The summed E-state index contributed by atoms with van der Waals surface area (Å²) in [6.45, 7) is 4.28. The summed E-state index contributed by atoms with van der Waals surface area (Å²) < 4.78 is 27.9. The van der Waals surface area contributed by atoms with Crippen LogP contribution in [0.25, 0.3) is 0 Å². The normalized spacial score (nSPS) is 11.1. The van der Waals surface area contributed by atoms with Crippen molar-refractivity contribution >= 4 is 21.6 Å². The van der Waals surface area contributed by atoms with Crippen molar-refractivity contribution in [2.24, 2.45) is 0 Å². The van der Waals surface area contributed by atoms with Crippen LogP contribution in [0.3, 0.4) is 0 Å². The fourth-order valence-corrected chi connectivity index (χ4v) is 4.19. The molecule has 3 rings (SSSR count). The average molecular weight is 409 g/mol. The van der Waals surface area contributed by atoms with Crippen LogP contribution in [-0.4, -0.2) is 26.3 Å². The maximum atomic E-state index is 12.9. The van der Waals surface area contributed by atoms with Crippen LogP contribution < -0.4 is 4.72 Å². The lowest BCUT2D eigenvalue weighted by molar-refractivity contribution is 0.0785. The summed E-state index contributed by atoms with van der Waals surface area (Å²) in [5.74, 6) is -0.174. The molecule has 5 nitrogen and oxygen atoms in total. The van der Waals surface area contributed by atoms with E-state index in [4.69, 9.17) is 0 Å². The van der Waals surface area contributed by atoms with E-state index in [0.29, 0.717) is 17.8 Å². The number of hydrogen-bond acceptors (Lipinski definition) is 3. The maximum absolute atomic E-state index is 12.9. The number of aryl methyl sites for hydroxylation is 2. The van der Waals surface area contributed by atoms with Crippen molar-refractivity contribution in [2.45, 2.75) is 25.3 Å². The minimum absolute atomic E-state index is 0.174. The second-order valence-corrected chi connectivity index (χ2v) is 8.78. The minimum atomic E-state index is -3.73. The van der Waals surface area contributed by atoms with Gasteiger partial charge in [-0.05, 0) is 49.2 Å². The van der Waals surface area contributed by atoms with Gasteiger partial charge >= 0.3 is 0 Å². The predicted octanol–water partition coefficient (Wildman–Crippen LogP) is 4.38. The molecule has 0 bridgehead atoms. The molecule has 0 heterocycles. The van der Waals surface area contributed by atoms with E-state index in [1.165, 1.54) is 12.1 Å². The monoisotopic (exact) mass is 408 g/mol. The molecule has 1 N–H and O–H groups in total. The Morgan fingerprint density at radius 1 is 0.931 bits per heavy atom. The lowest BCUT2D eigenvalue weighted by Gasteiger charge is -2.19. The first kappa shape index (κ1) is 20.6. The molecule has 3 aromatic rings. The van der Waals surface area contributed by atoms with E-state index < -0.39 is 10.0 Å². The number of carbonyl (C=O) groups is 1. The molecule has 0 spiro atoms. The van der Waals surface area contributed by atoms with Gasteiger partial charge in [0, 0.05) is 19.2 Å². The quantitative estimate of drug-likeness (QED) is 0.658. The molecule has 0 aliphatic heterocycles. The highest BCUT2D eigenvalue weighted by Gasteiger charge is 2.18. The Kier molecular flexibility index (Phi) is 6.03. The standard InChI is InChI=1S/C23H24N2O3S/c1-17-8-7-9-19(14-17)16-25(3)23(26)20-13-12-18(2)22(15-20)24-29(27,28)21-10-5-4-6-11-21/h4-15,24H,16H2,1-3H3. The summed E-state index contributed by atoms with van der Waals surface area (Å²) in [5, 5.41) is 0. The number of carbonyl (C=O) groups excluding carboxylic acids is 1. The topological polar surface area (TPSA) is 66.5 Å². The number of rotatable bonds is 6. The van der Waals surface area contributed by atoms with Crippen LogP contribution in [0.2, 0.25) is 0 Å². The number of benzene rings is 3. The molecule has 29 heavy (non-hydrogen) atoms. The summed E-state index contributed by atoms with van der Waals surface area (Å²) in [6.07, 6.45) is 0. The van der Waals surface area contributed by atoms with Gasteiger partial charge in [0.2, 0.25) is 0 Å². The van der Waals surface area contributed by atoms with Gasteiger partial charge in [-0.3, -0.25) is 9.52 Å². The van der Waals surface area contributed by atoms with Crippen LogP contribution >= 0.6 is 0 Å². The molecule has 3 aromatic carbocycles. The first-order chi connectivity index (χ1) is 13.8. The Bertz CT molecular complexity index is 1130. The smallest absolute Gasteiger partial charge is 0.261 e.